The summed E-state index contributed by atoms with van der Waals surface area (Å²) in [6, 6.07) is 15.6. The van der Waals surface area contributed by atoms with E-state index >= 15 is 0 Å². The minimum absolute atomic E-state index is 0.142. The number of ketones is 1. The number of carbonyl (C=O) groups excluding carboxylic acids is 2. The lowest BCUT2D eigenvalue weighted by Crippen LogP contribution is -2.46. The Hall–Kier alpha value is -3.68. The highest BCUT2D eigenvalue weighted by Gasteiger charge is 2.57. The van der Waals surface area contributed by atoms with Crippen molar-refractivity contribution in [3.63, 3.8) is 0 Å². The van der Waals surface area contributed by atoms with E-state index in [2.05, 4.69) is 26.7 Å². The van der Waals surface area contributed by atoms with Gasteiger partial charge in [0.2, 0.25) is 22.5 Å². The zero-order chi connectivity index (χ0) is 37.0. The second-order valence-corrected chi connectivity index (χ2v) is 16.2. The van der Waals surface area contributed by atoms with Gasteiger partial charge in [-0.3, -0.25) is 14.1 Å². The maximum absolute atomic E-state index is 13.8. The van der Waals surface area contributed by atoms with Crippen LogP contribution in [0, 0.1) is 26.2 Å². The maximum Gasteiger partial charge on any atom is 0.254 e. The summed E-state index contributed by atoms with van der Waals surface area (Å²) in [4.78, 5) is 27.5. The first-order valence-electron chi connectivity index (χ1n) is 16.8. The number of rotatable bonds is 16. The lowest BCUT2D eigenvalue weighted by molar-refractivity contribution is -0.131. The fourth-order valence-corrected chi connectivity index (χ4v) is 6.79. The second-order valence-electron chi connectivity index (χ2n) is 14.0. The Bertz CT molecular complexity index is 1830. The van der Waals surface area contributed by atoms with Crippen LogP contribution in [0.2, 0.25) is 5.02 Å². The number of likely N-dealkylation sites (N-methyl/N-ethyl adjacent to an activating group) is 1. The van der Waals surface area contributed by atoms with E-state index in [1.165, 1.54) is 0 Å². The summed E-state index contributed by atoms with van der Waals surface area (Å²) < 4.78 is 38.9. The number of aryl methyl sites for hydroxylation is 3. The lowest BCUT2D eigenvalue weighted by atomic mass is 9.86. The van der Waals surface area contributed by atoms with Crippen molar-refractivity contribution in [2.75, 3.05) is 42.0 Å². The van der Waals surface area contributed by atoms with Crippen LogP contribution in [0.15, 0.2) is 54.6 Å². The first-order chi connectivity index (χ1) is 23.4. The molecule has 13 heteroatoms. The summed E-state index contributed by atoms with van der Waals surface area (Å²) in [6.45, 7) is 16.7. The van der Waals surface area contributed by atoms with E-state index in [-0.39, 0.29) is 18.7 Å². The van der Waals surface area contributed by atoms with E-state index in [0.29, 0.717) is 46.1 Å². The smallest absolute Gasteiger partial charge is 0.254 e. The van der Waals surface area contributed by atoms with Crippen molar-refractivity contribution in [3.05, 3.63) is 76.3 Å². The minimum Gasteiger partial charge on any atom is -0.465 e. The van der Waals surface area contributed by atoms with Crippen LogP contribution < -0.4 is 29.9 Å². The van der Waals surface area contributed by atoms with Crippen LogP contribution in [0.1, 0.15) is 57.7 Å². The third-order valence-corrected chi connectivity index (χ3v) is 9.89. The molecule has 11 nitrogen and oxygen atoms in total. The van der Waals surface area contributed by atoms with Crippen LogP contribution in [-0.2, 0) is 24.3 Å². The number of ether oxygens (including phenoxy) is 2. The lowest BCUT2D eigenvalue weighted by Gasteiger charge is -2.27. The van der Waals surface area contributed by atoms with Crippen molar-refractivity contribution >= 4 is 56.1 Å². The zero-order valence-electron chi connectivity index (χ0n) is 30.4. The predicted octanol–water partition coefficient (Wildman–Crippen LogP) is 6.72. The van der Waals surface area contributed by atoms with Crippen molar-refractivity contribution in [2.24, 2.45) is 5.41 Å². The number of halogens is 1. The summed E-state index contributed by atoms with van der Waals surface area (Å²) >= 11 is 6.51. The molecule has 1 saturated heterocycles. The van der Waals surface area contributed by atoms with Crippen molar-refractivity contribution in [3.8, 4) is 5.75 Å². The number of hydrogen-bond donors (Lipinski definition) is 4. The molecule has 0 saturated carbocycles. The number of nitrogens with zero attached hydrogens (tertiary/aromatic N) is 1. The Morgan fingerprint density at radius 2 is 1.70 bits per heavy atom. The fourth-order valence-electron chi connectivity index (χ4n) is 5.85. The Labute approximate surface area is 301 Å². The largest absolute Gasteiger partial charge is 0.465 e. The molecule has 272 valence electrons. The van der Waals surface area contributed by atoms with Crippen LogP contribution in [0.3, 0.4) is 0 Å². The molecule has 1 amide bonds. The van der Waals surface area contributed by atoms with Gasteiger partial charge in [-0.25, -0.2) is 8.42 Å². The molecule has 0 radical (unpaired) electrons. The van der Waals surface area contributed by atoms with Crippen LogP contribution >= 0.6 is 11.6 Å². The van der Waals surface area contributed by atoms with Gasteiger partial charge in [-0.2, -0.15) is 4.72 Å². The molecule has 0 bridgehead atoms. The minimum atomic E-state index is -3.36. The molecule has 4 atom stereocenters. The Kier molecular flexibility index (Phi) is 12.3. The van der Waals surface area contributed by atoms with Crippen molar-refractivity contribution in [2.45, 2.75) is 80.3 Å². The number of quaternary nitrogens is 1. The van der Waals surface area contributed by atoms with Crippen molar-refractivity contribution < 1.29 is 27.5 Å². The molecule has 0 aromatic heterocycles. The van der Waals surface area contributed by atoms with Gasteiger partial charge in [0.25, 0.3) is 5.91 Å². The van der Waals surface area contributed by atoms with Gasteiger partial charge in [0.05, 0.1) is 23.5 Å². The molecule has 50 heavy (non-hydrogen) atoms. The van der Waals surface area contributed by atoms with Gasteiger partial charge in [-0.15, -0.1) is 0 Å². The molecule has 0 spiro atoms. The Morgan fingerprint density at radius 3 is 2.30 bits per heavy atom. The summed E-state index contributed by atoms with van der Waals surface area (Å²) in [5, 5.41) is 9.53. The van der Waals surface area contributed by atoms with E-state index in [1.54, 1.807) is 39.0 Å². The van der Waals surface area contributed by atoms with Gasteiger partial charge in [-0.1, -0.05) is 57.0 Å². The monoisotopic (exact) mass is 728 g/mol. The number of carbonyl (C=O) groups is 2. The molecule has 1 aliphatic rings. The fraction of sp³-hybridized carbons (Fsp3) is 0.459. The molecule has 3 aromatic carbocycles. The number of Topliss-reactive ketones (excluding diaryl/α,β-unsaturated/α-hetero) is 1. The number of hydrogen-bond acceptors (Lipinski definition) is 8. The SMILES string of the molecule is CCC(OCNc1ccc(Cl)c(NC(=O)C(Nc2ccc([N+]3(CC)CC3NS(C)(=O)=O)cc2C)C(=O)C(C)(C)C)c1)Oc1ccc(C)cc1C. The van der Waals surface area contributed by atoms with Gasteiger partial charge in [-0.05, 0) is 69.2 Å². The molecular formula is C37H51ClN5O6S+. The third kappa shape index (κ3) is 9.76. The summed E-state index contributed by atoms with van der Waals surface area (Å²) in [6.07, 6.45) is 1.09. The van der Waals surface area contributed by atoms with Crippen LogP contribution in [0.25, 0.3) is 0 Å². The Balaban J connectivity index is 1.46. The zero-order valence-corrected chi connectivity index (χ0v) is 32.0. The Morgan fingerprint density at radius 1 is 0.980 bits per heavy atom. The molecule has 4 unspecified atom stereocenters. The van der Waals surface area contributed by atoms with Crippen molar-refractivity contribution in [1.29, 1.82) is 0 Å². The van der Waals surface area contributed by atoms with Gasteiger partial charge >= 0.3 is 0 Å². The molecular weight excluding hydrogens is 678 g/mol. The molecule has 4 N–H and O–H groups in total. The average Bonchev–Trinajstić information content (AvgIpc) is 3.73. The van der Waals surface area contributed by atoms with Crippen LogP contribution in [-0.4, -0.2) is 64.7 Å². The second kappa shape index (κ2) is 15.7. The van der Waals surface area contributed by atoms with E-state index in [1.807, 2.05) is 65.0 Å². The van der Waals surface area contributed by atoms with Gasteiger partial charge in [0, 0.05) is 35.3 Å². The molecule has 4 rings (SSSR count). The standard InChI is InChI=1S/C37H50ClN5O6S/c1-10-33(49-31-17-12-23(3)18-25(31)5)48-22-39-26-13-15-28(38)30(20-26)41-36(45)34(35(44)37(6,7)8)40-29-16-14-27(19-24(29)4)43(11-2)21-32(43)42-50(9,46)47/h12-20,32-34,39-40,42H,10-11,21-22H2,1-9H3/p+1. The highest BCUT2D eigenvalue weighted by atomic mass is 35.5. The topological polar surface area (TPSA) is 135 Å². The predicted molar refractivity (Wildman–Crippen MR) is 202 cm³/mol. The van der Waals surface area contributed by atoms with E-state index < -0.39 is 33.7 Å². The average molecular weight is 729 g/mol. The summed E-state index contributed by atoms with van der Waals surface area (Å²) in [7, 11) is -3.36. The molecule has 0 aliphatic carbocycles. The number of amides is 1. The maximum atomic E-state index is 13.8. The molecule has 3 aromatic rings. The molecule has 1 heterocycles. The normalized spacial score (nSPS) is 18.6. The molecule has 1 aliphatic heterocycles. The number of nitrogens with one attached hydrogen (secondary N) is 4. The highest BCUT2D eigenvalue weighted by Crippen LogP contribution is 2.39. The molecule has 1 fully saturated rings. The number of benzene rings is 3. The highest BCUT2D eigenvalue weighted by molar-refractivity contribution is 7.88. The van der Waals surface area contributed by atoms with Crippen molar-refractivity contribution in [1.82, 2.24) is 9.21 Å². The quantitative estimate of drug-likeness (QED) is 0.0553. The summed E-state index contributed by atoms with van der Waals surface area (Å²) in [5.74, 6) is -0.0929. The number of sulfonamides is 1. The van der Waals surface area contributed by atoms with Gasteiger partial charge < -0.3 is 25.4 Å². The van der Waals surface area contributed by atoms with E-state index in [0.717, 1.165) is 34.4 Å². The van der Waals surface area contributed by atoms with Gasteiger partial charge in [0.1, 0.15) is 18.2 Å². The first-order valence-corrected chi connectivity index (χ1v) is 19.1. The van der Waals surface area contributed by atoms with E-state index in [4.69, 9.17) is 21.1 Å². The van der Waals surface area contributed by atoms with Crippen LogP contribution in [0.5, 0.6) is 5.75 Å². The number of anilines is 3. The van der Waals surface area contributed by atoms with E-state index in [9.17, 15) is 18.0 Å². The first kappa shape index (κ1) is 39.1. The third-order valence-electron chi connectivity index (χ3n) is 8.86. The van der Waals surface area contributed by atoms with Crippen LogP contribution in [0.4, 0.5) is 22.7 Å². The van der Waals surface area contributed by atoms with Gasteiger partial charge in [0.15, 0.2) is 18.4 Å². The summed E-state index contributed by atoms with van der Waals surface area (Å²) in [5.41, 5.74) is 4.71.